The molecule has 0 aliphatic rings. The van der Waals surface area contributed by atoms with Crippen molar-refractivity contribution in [2.45, 2.75) is 13.8 Å². The quantitative estimate of drug-likeness (QED) is 0.166. The molecule has 0 aliphatic carbocycles. The number of fused-ring (bicyclic) bond motifs is 14. The third kappa shape index (κ3) is 5.86. The van der Waals surface area contributed by atoms with Gasteiger partial charge in [0.2, 0.25) is 0 Å². The molecule has 4 aromatic heterocycles. The minimum Gasteiger partial charge on any atom is -0.456 e. The van der Waals surface area contributed by atoms with E-state index < -0.39 is 0 Å². The third-order valence-electron chi connectivity index (χ3n) is 14.4. The summed E-state index contributed by atoms with van der Waals surface area (Å²) in [5.41, 5.74) is 15.5. The van der Waals surface area contributed by atoms with Crippen molar-refractivity contribution in [3.63, 3.8) is 0 Å². The standard InChI is InChI=1S/C64H40N2O4/c1-37-11-3-7-15-55(37)65(45-23-25-49-47-13-5-9-17-57(47)67-61(49)33-45)43-21-19-39-29-51-53-35-64-54(36-63(53)69-59(51)31-41(39)27-43)52-30-40-20-22-44(28-42(40)32-60(52)70-64)66(56-16-8-4-12-38(56)2)46-24-26-50-48-14-6-10-18-58(48)68-62(50)34-46/h3-36H,1-2H3. The Bertz CT molecular complexity index is 4360. The molecule has 0 atom stereocenters. The maximum atomic E-state index is 6.74. The molecule has 70 heavy (non-hydrogen) atoms. The van der Waals surface area contributed by atoms with Gasteiger partial charge in [0.25, 0.3) is 0 Å². The van der Waals surface area contributed by atoms with Crippen molar-refractivity contribution in [3.8, 4) is 0 Å². The smallest absolute Gasteiger partial charge is 0.137 e. The van der Waals surface area contributed by atoms with Crippen molar-refractivity contribution in [3.05, 3.63) is 217 Å². The topological polar surface area (TPSA) is 59.0 Å². The molecule has 0 aliphatic heterocycles. The van der Waals surface area contributed by atoms with Crippen LogP contribution in [0.2, 0.25) is 0 Å². The first-order valence-corrected chi connectivity index (χ1v) is 23.7. The van der Waals surface area contributed by atoms with E-state index in [1.807, 2.05) is 24.3 Å². The van der Waals surface area contributed by atoms with E-state index in [-0.39, 0.29) is 0 Å². The van der Waals surface area contributed by atoms with Crippen LogP contribution < -0.4 is 9.80 Å². The molecule has 0 radical (unpaired) electrons. The summed E-state index contributed by atoms with van der Waals surface area (Å²) in [6.07, 6.45) is 0. The van der Waals surface area contributed by atoms with Crippen molar-refractivity contribution >= 4 is 143 Å². The highest BCUT2D eigenvalue weighted by Gasteiger charge is 2.21. The SMILES string of the molecule is Cc1ccccc1N(c1ccc2cc3c(cc2c1)oc1cc2c(cc13)oc1cc3cc(N(c4ccc5c(c4)oc4ccccc45)c4ccccc4C)ccc3cc12)c1ccc2c(c1)oc1ccccc12. The Morgan fingerprint density at radius 1 is 0.243 bits per heavy atom. The lowest BCUT2D eigenvalue weighted by Crippen LogP contribution is -2.11. The molecule has 6 heteroatoms. The van der Waals surface area contributed by atoms with Crippen molar-refractivity contribution in [1.82, 2.24) is 0 Å². The van der Waals surface area contributed by atoms with E-state index in [1.54, 1.807) is 0 Å². The lowest BCUT2D eigenvalue weighted by Gasteiger charge is -2.27. The summed E-state index contributed by atoms with van der Waals surface area (Å²) in [6.45, 7) is 4.32. The van der Waals surface area contributed by atoms with Crippen molar-refractivity contribution < 1.29 is 17.7 Å². The molecule has 0 spiro atoms. The first-order chi connectivity index (χ1) is 34.5. The Hall–Kier alpha value is -9.26. The zero-order valence-electron chi connectivity index (χ0n) is 38.2. The van der Waals surface area contributed by atoms with Gasteiger partial charge in [-0.15, -0.1) is 0 Å². The fraction of sp³-hybridized carbons (Fsp3) is 0.0312. The molecular weight excluding hydrogens is 861 g/mol. The monoisotopic (exact) mass is 900 g/mol. The summed E-state index contributed by atoms with van der Waals surface area (Å²) in [7, 11) is 0. The molecule has 0 saturated heterocycles. The molecule has 15 aromatic rings. The third-order valence-corrected chi connectivity index (χ3v) is 14.4. The number of anilines is 6. The highest BCUT2D eigenvalue weighted by Crippen LogP contribution is 2.45. The van der Waals surface area contributed by atoms with E-state index in [2.05, 4.69) is 206 Å². The van der Waals surface area contributed by atoms with E-state index >= 15 is 0 Å². The summed E-state index contributed by atoms with van der Waals surface area (Å²) in [5, 5.41) is 13.0. The average molecular weight is 901 g/mol. The summed E-state index contributed by atoms with van der Waals surface area (Å²) in [5.74, 6) is 0. The van der Waals surface area contributed by atoms with Crippen LogP contribution in [-0.2, 0) is 0 Å². The highest BCUT2D eigenvalue weighted by molar-refractivity contribution is 6.18. The van der Waals surface area contributed by atoms with Crippen LogP contribution >= 0.6 is 0 Å². The molecule has 6 nitrogen and oxygen atoms in total. The number of furan rings is 4. The van der Waals surface area contributed by atoms with Crippen LogP contribution in [0.4, 0.5) is 34.1 Å². The fourth-order valence-electron chi connectivity index (χ4n) is 11.0. The molecule has 0 N–H and O–H groups in total. The van der Waals surface area contributed by atoms with Crippen molar-refractivity contribution in [2.75, 3.05) is 9.80 Å². The maximum absolute atomic E-state index is 6.74. The van der Waals surface area contributed by atoms with Crippen molar-refractivity contribution in [1.29, 1.82) is 0 Å². The summed E-state index contributed by atoms with van der Waals surface area (Å²) < 4.78 is 26.2. The zero-order valence-corrected chi connectivity index (χ0v) is 38.2. The van der Waals surface area contributed by atoms with E-state index in [4.69, 9.17) is 17.7 Å². The Labute approximate surface area is 400 Å². The molecule has 0 fully saturated rings. The van der Waals surface area contributed by atoms with Crippen LogP contribution in [0, 0.1) is 13.8 Å². The van der Waals surface area contributed by atoms with Gasteiger partial charge in [0.05, 0.1) is 0 Å². The molecule has 11 aromatic carbocycles. The van der Waals surface area contributed by atoms with Gasteiger partial charge in [0.1, 0.15) is 44.7 Å². The zero-order chi connectivity index (χ0) is 46.2. The van der Waals surface area contributed by atoms with Gasteiger partial charge < -0.3 is 27.5 Å². The van der Waals surface area contributed by atoms with Crippen LogP contribution in [0.15, 0.2) is 224 Å². The van der Waals surface area contributed by atoms with Crippen LogP contribution in [-0.4, -0.2) is 0 Å². The first kappa shape index (κ1) is 38.8. The van der Waals surface area contributed by atoms with Crippen LogP contribution in [0.25, 0.3) is 109 Å². The van der Waals surface area contributed by atoms with Gasteiger partial charge in [0, 0.05) is 89.3 Å². The second-order valence-corrected chi connectivity index (χ2v) is 18.6. The average Bonchev–Trinajstić information content (AvgIpc) is 4.14. The first-order valence-electron chi connectivity index (χ1n) is 23.7. The van der Waals surface area contributed by atoms with Gasteiger partial charge in [-0.05, 0) is 156 Å². The number of hydrogen-bond donors (Lipinski definition) is 0. The molecule has 0 saturated carbocycles. The van der Waals surface area contributed by atoms with E-state index in [1.165, 1.54) is 11.1 Å². The number of aryl methyl sites for hydroxylation is 2. The van der Waals surface area contributed by atoms with E-state index in [9.17, 15) is 0 Å². The van der Waals surface area contributed by atoms with Gasteiger partial charge in [0.15, 0.2) is 0 Å². The highest BCUT2D eigenvalue weighted by atomic mass is 16.3. The van der Waals surface area contributed by atoms with Crippen LogP contribution in [0.5, 0.6) is 0 Å². The second-order valence-electron chi connectivity index (χ2n) is 18.6. The Morgan fingerprint density at radius 2 is 0.586 bits per heavy atom. The van der Waals surface area contributed by atoms with Crippen molar-refractivity contribution in [2.24, 2.45) is 0 Å². The Morgan fingerprint density at radius 3 is 1.06 bits per heavy atom. The van der Waals surface area contributed by atoms with Crippen LogP contribution in [0.1, 0.15) is 11.1 Å². The molecule has 4 heterocycles. The molecule has 0 unspecified atom stereocenters. The fourth-order valence-corrected chi connectivity index (χ4v) is 11.0. The molecule has 15 rings (SSSR count). The molecule has 330 valence electrons. The maximum Gasteiger partial charge on any atom is 0.137 e. The number of nitrogens with zero attached hydrogens (tertiary/aromatic N) is 2. The number of para-hydroxylation sites is 4. The Balaban J connectivity index is 0.821. The van der Waals surface area contributed by atoms with Gasteiger partial charge in [-0.3, -0.25) is 0 Å². The second kappa shape index (κ2) is 14.6. The summed E-state index contributed by atoms with van der Waals surface area (Å²) in [4.78, 5) is 4.63. The van der Waals surface area contributed by atoms with Gasteiger partial charge in [-0.2, -0.15) is 0 Å². The minimum atomic E-state index is 0.826. The summed E-state index contributed by atoms with van der Waals surface area (Å²) >= 11 is 0. The van der Waals surface area contributed by atoms with E-state index in [0.29, 0.717) is 0 Å². The van der Waals surface area contributed by atoms with Gasteiger partial charge in [-0.1, -0.05) is 84.9 Å². The Kier molecular flexibility index (Phi) is 8.10. The predicted octanol–water partition coefficient (Wildman–Crippen LogP) is 19.1. The van der Waals surface area contributed by atoms with Gasteiger partial charge >= 0.3 is 0 Å². The lowest BCUT2D eigenvalue weighted by atomic mass is 10.0. The van der Waals surface area contributed by atoms with Crippen LogP contribution in [0.3, 0.4) is 0 Å². The number of hydrogen-bond acceptors (Lipinski definition) is 6. The minimum absolute atomic E-state index is 0.826. The van der Waals surface area contributed by atoms with E-state index in [0.717, 1.165) is 143 Å². The van der Waals surface area contributed by atoms with Gasteiger partial charge in [-0.25, -0.2) is 0 Å². The molecule has 0 bridgehead atoms. The molecular formula is C64H40N2O4. The number of rotatable bonds is 6. The lowest BCUT2D eigenvalue weighted by molar-refractivity contribution is 0.664. The summed E-state index contributed by atoms with van der Waals surface area (Å²) in [6, 6.07) is 73.0. The number of benzene rings is 11. The predicted molar refractivity (Wildman–Crippen MR) is 289 cm³/mol. The molecule has 0 amide bonds. The largest absolute Gasteiger partial charge is 0.456 e. The normalized spacial score (nSPS) is 12.1.